The van der Waals surface area contributed by atoms with Crippen molar-refractivity contribution in [1.29, 1.82) is 0 Å². The molecule has 0 aliphatic heterocycles. The number of nitrogens with zero attached hydrogens (tertiary/aromatic N) is 3. The zero-order valence-electron chi connectivity index (χ0n) is 11.1. The van der Waals surface area contributed by atoms with Crippen LogP contribution in [-0.2, 0) is 6.42 Å². The fraction of sp³-hybridized carbons (Fsp3) is 0.833. The maximum atomic E-state index is 4.37. The van der Waals surface area contributed by atoms with E-state index in [-0.39, 0.29) is 0 Å². The van der Waals surface area contributed by atoms with E-state index in [1.54, 1.807) is 6.33 Å². The fourth-order valence-corrected chi connectivity index (χ4v) is 2.00. The van der Waals surface area contributed by atoms with Crippen molar-refractivity contribution >= 4 is 0 Å². The van der Waals surface area contributed by atoms with E-state index in [0.717, 1.165) is 18.7 Å². The first-order valence-corrected chi connectivity index (χ1v) is 6.15. The van der Waals surface area contributed by atoms with Crippen LogP contribution in [0.25, 0.3) is 0 Å². The Morgan fingerprint density at radius 1 is 1.38 bits per heavy atom. The Hall–Kier alpha value is -0.900. The van der Waals surface area contributed by atoms with E-state index < -0.39 is 0 Å². The predicted octanol–water partition coefficient (Wildman–Crippen LogP) is 2.04. The molecule has 1 heterocycles. The zero-order chi connectivity index (χ0) is 12.1. The highest BCUT2D eigenvalue weighted by molar-refractivity contribution is 4.91. The number of aromatic nitrogens is 3. The van der Waals surface area contributed by atoms with E-state index >= 15 is 0 Å². The van der Waals surface area contributed by atoms with Gasteiger partial charge in [-0.1, -0.05) is 13.3 Å². The van der Waals surface area contributed by atoms with Crippen LogP contribution in [0.3, 0.4) is 0 Å². The molecular weight excluding hydrogens is 200 g/mol. The highest BCUT2D eigenvalue weighted by Crippen LogP contribution is 2.16. The maximum Gasteiger partial charge on any atom is 0.138 e. The van der Waals surface area contributed by atoms with Crippen molar-refractivity contribution in [2.24, 2.45) is 5.92 Å². The number of hydrogen-bond donors (Lipinski definition) is 1. The van der Waals surface area contributed by atoms with Gasteiger partial charge in [-0.05, 0) is 33.7 Å². The Labute approximate surface area is 98.5 Å². The molecule has 4 heteroatoms. The summed E-state index contributed by atoms with van der Waals surface area (Å²) in [5, 5.41) is 7.59. The summed E-state index contributed by atoms with van der Waals surface area (Å²) in [6.45, 7) is 8.74. The second kappa shape index (κ2) is 5.99. The van der Waals surface area contributed by atoms with Crippen LogP contribution in [0.15, 0.2) is 6.33 Å². The van der Waals surface area contributed by atoms with Gasteiger partial charge in [0.15, 0.2) is 0 Å². The number of nitrogens with one attached hydrogen (secondary N) is 1. The van der Waals surface area contributed by atoms with E-state index in [1.165, 1.54) is 0 Å². The fourth-order valence-electron chi connectivity index (χ4n) is 2.00. The molecule has 0 aromatic carbocycles. The van der Waals surface area contributed by atoms with Crippen molar-refractivity contribution in [3.8, 4) is 0 Å². The van der Waals surface area contributed by atoms with Crippen LogP contribution in [-0.4, -0.2) is 27.9 Å². The molecule has 92 valence electrons. The Kier molecular flexibility index (Phi) is 4.93. The molecule has 0 aliphatic carbocycles. The first-order chi connectivity index (χ1) is 7.60. The van der Waals surface area contributed by atoms with Gasteiger partial charge in [0.2, 0.25) is 0 Å². The first-order valence-electron chi connectivity index (χ1n) is 6.15. The van der Waals surface area contributed by atoms with E-state index in [0.29, 0.717) is 18.0 Å². The lowest BCUT2D eigenvalue weighted by Gasteiger charge is -2.22. The summed E-state index contributed by atoms with van der Waals surface area (Å²) in [4.78, 5) is 4.37. The maximum absolute atomic E-state index is 4.37. The van der Waals surface area contributed by atoms with Gasteiger partial charge in [0, 0.05) is 18.5 Å². The quantitative estimate of drug-likeness (QED) is 0.804. The topological polar surface area (TPSA) is 42.7 Å². The molecule has 1 N–H and O–H groups in total. The zero-order valence-corrected chi connectivity index (χ0v) is 11.1. The average Bonchev–Trinajstić information content (AvgIpc) is 2.72. The Bertz CT molecular complexity index is 306. The minimum atomic E-state index is 0.389. The lowest BCUT2D eigenvalue weighted by atomic mass is 9.94. The minimum Gasteiger partial charge on any atom is -0.317 e. The van der Waals surface area contributed by atoms with Gasteiger partial charge in [-0.25, -0.2) is 9.67 Å². The molecule has 0 saturated carbocycles. The van der Waals surface area contributed by atoms with Gasteiger partial charge in [0.05, 0.1) is 0 Å². The van der Waals surface area contributed by atoms with Crippen LogP contribution in [0.5, 0.6) is 0 Å². The van der Waals surface area contributed by atoms with Gasteiger partial charge >= 0.3 is 0 Å². The highest BCUT2D eigenvalue weighted by Gasteiger charge is 2.18. The molecule has 1 rings (SSSR count). The second-order valence-electron chi connectivity index (χ2n) is 4.66. The molecule has 0 saturated heterocycles. The number of rotatable bonds is 6. The predicted molar refractivity (Wildman–Crippen MR) is 66.4 cm³/mol. The van der Waals surface area contributed by atoms with Crippen LogP contribution >= 0.6 is 0 Å². The lowest BCUT2D eigenvalue weighted by molar-refractivity contribution is 0.362. The van der Waals surface area contributed by atoms with Crippen LogP contribution in [0, 0.1) is 5.92 Å². The van der Waals surface area contributed by atoms with E-state index in [9.17, 15) is 0 Å². The molecule has 1 aromatic heterocycles. The van der Waals surface area contributed by atoms with Crippen molar-refractivity contribution in [2.75, 3.05) is 7.05 Å². The van der Waals surface area contributed by atoms with Gasteiger partial charge in [0.25, 0.3) is 0 Å². The second-order valence-corrected chi connectivity index (χ2v) is 4.66. The summed E-state index contributed by atoms with van der Waals surface area (Å²) in [6.07, 6.45) is 3.82. The Balaban J connectivity index is 2.74. The molecule has 0 radical (unpaired) electrons. The molecule has 1 aromatic rings. The summed E-state index contributed by atoms with van der Waals surface area (Å²) in [5.74, 6) is 1.72. The minimum absolute atomic E-state index is 0.389. The molecule has 0 aliphatic rings. The van der Waals surface area contributed by atoms with Crippen molar-refractivity contribution in [3.05, 3.63) is 12.2 Å². The molecule has 16 heavy (non-hydrogen) atoms. The molecule has 4 nitrogen and oxygen atoms in total. The van der Waals surface area contributed by atoms with E-state index in [4.69, 9.17) is 0 Å². The summed E-state index contributed by atoms with van der Waals surface area (Å²) < 4.78 is 2.02. The average molecular weight is 224 g/mol. The van der Waals surface area contributed by atoms with Crippen LogP contribution in [0.1, 0.15) is 46.0 Å². The number of hydrogen-bond acceptors (Lipinski definition) is 3. The van der Waals surface area contributed by atoms with Crippen molar-refractivity contribution < 1.29 is 0 Å². The van der Waals surface area contributed by atoms with E-state index in [2.05, 4.69) is 43.1 Å². The van der Waals surface area contributed by atoms with E-state index in [1.807, 2.05) is 11.7 Å². The van der Waals surface area contributed by atoms with Crippen molar-refractivity contribution in [2.45, 2.75) is 52.6 Å². The monoisotopic (exact) mass is 224 g/mol. The standard InChI is InChI=1S/C12H24N4/c1-6-11(10(4)13-5)7-12-14-8-15-16(12)9(2)3/h8-11,13H,6-7H2,1-5H3. The Morgan fingerprint density at radius 3 is 2.56 bits per heavy atom. The third-order valence-electron chi connectivity index (χ3n) is 3.27. The normalized spacial score (nSPS) is 15.4. The largest absolute Gasteiger partial charge is 0.317 e. The summed E-state index contributed by atoms with van der Waals surface area (Å²) in [5.41, 5.74) is 0. The van der Waals surface area contributed by atoms with Gasteiger partial charge in [-0.2, -0.15) is 5.10 Å². The molecule has 0 fully saturated rings. The lowest BCUT2D eigenvalue weighted by Crippen LogP contribution is -2.32. The molecular formula is C12H24N4. The smallest absolute Gasteiger partial charge is 0.138 e. The van der Waals surface area contributed by atoms with Crippen LogP contribution < -0.4 is 5.32 Å². The molecule has 0 spiro atoms. The molecule has 2 atom stereocenters. The van der Waals surface area contributed by atoms with Gasteiger partial charge in [-0.15, -0.1) is 0 Å². The van der Waals surface area contributed by atoms with Gasteiger partial charge in [-0.3, -0.25) is 0 Å². The van der Waals surface area contributed by atoms with Crippen LogP contribution in [0.2, 0.25) is 0 Å². The summed E-state index contributed by atoms with van der Waals surface area (Å²) >= 11 is 0. The highest BCUT2D eigenvalue weighted by atomic mass is 15.3. The van der Waals surface area contributed by atoms with Gasteiger partial charge in [0.1, 0.15) is 12.2 Å². The van der Waals surface area contributed by atoms with Crippen LogP contribution in [0.4, 0.5) is 0 Å². The first kappa shape index (κ1) is 13.2. The Morgan fingerprint density at radius 2 is 2.06 bits per heavy atom. The molecule has 0 amide bonds. The third-order valence-corrected chi connectivity index (χ3v) is 3.27. The van der Waals surface area contributed by atoms with Crippen molar-refractivity contribution in [3.63, 3.8) is 0 Å². The van der Waals surface area contributed by atoms with Crippen molar-refractivity contribution in [1.82, 2.24) is 20.1 Å². The summed E-state index contributed by atoms with van der Waals surface area (Å²) in [7, 11) is 2.01. The third kappa shape index (κ3) is 3.04. The van der Waals surface area contributed by atoms with Gasteiger partial charge < -0.3 is 5.32 Å². The summed E-state index contributed by atoms with van der Waals surface area (Å²) in [6, 6.07) is 0.905. The molecule has 0 bridgehead atoms. The molecule has 2 unspecified atom stereocenters. The SMILES string of the molecule is CCC(Cc1ncnn1C(C)C)C(C)NC.